The SMILES string of the molecule is CC1=CC(=O)C=C(CCC(C)(O)CC[C@H](C)CCC[C@H](C)CCCC(C)C)C1=O. The summed E-state index contributed by atoms with van der Waals surface area (Å²) in [6, 6.07) is 0. The third kappa shape index (κ3) is 10.9. The summed E-state index contributed by atoms with van der Waals surface area (Å²) in [7, 11) is 0. The number of carbonyl (C=O) groups is 2. The summed E-state index contributed by atoms with van der Waals surface area (Å²) in [6.07, 6.45) is 13.3. The molecular formula is C26H44O3. The Hall–Kier alpha value is -1.22. The minimum atomic E-state index is -0.794. The van der Waals surface area contributed by atoms with Crippen molar-refractivity contribution < 1.29 is 14.7 Å². The molecular weight excluding hydrogens is 360 g/mol. The largest absolute Gasteiger partial charge is 0.390 e. The zero-order valence-corrected chi connectivity index (χ0v) is 19.7. The Labute approximate surface area is 179 Å². The number of Topliss-reactive ketones (excluding diaryl/α,β-unsaturated/α-hetero) is 1. The maximum Gasteiger partial charge on any atom is 0.184 e. The highest BCUT2D eigenvalue weighted by Gasteiger charge is 2.25. The number of aliphatic hydroxyl groups is 1. The van der Waals surface area contributed by atoms with Crippen LogP contribution in [0.25, 0.3) is 0 Å². The minimum absolute atomic E-state index is 0.0590. The first-order chi connectivity index (χ1) is 13.5. The van der Waals surface area contributed by atoms with Gasteiger partial charge < -0.3 is 5.11 Å². The Morgan fingerprint density at radius 1 is 0.862 bits per heavy atom. The molecule has 1 unspecified atom stereocenters. The van der Waals surface area contributed by atoms with Gasteiger partial charge in [0.15, 0.2) is 11.6 Å². The van der Waals surface area contributed by atoms with Crippen molar-refractivity contribution >= 4 is 11.6 Å². The lowest BCUT2D eigenvalue weighted by Gasteiger charge is -2.26. The van der Waals surface area contributed by atoms with Crippen LogP contribution >= 0.6 is 0 Å². The van der Waals surface area contributed by atoms with Crippen molar-refractivity contribution in [2.45, 2.75) is 111 Å². The molecule has 1 aliphatic rings. The van der Waals surface area contributed by atoms with Gasteiger partial charge in [-0.05, 0) is 69.4 Å². The molecule has 0 spiro atoms. The fraction of sp³-hybridized carbons (Fsp3) is 0.769. The van der Waals surface area contributed by atoms with Crippen LogP contribution in [0.2, 0.25) is 0 Å². The van der Waals surface area contributed by atoms with Crippen molar-refractivity contribution in [1.82, 2.24) is 0 Å². The van der Waals surface area contributed by atoms with E-state index in [4.69, 9.17) is 0 Å². The van der Waals surface area contributed by atoms with E-state index < -0.39 is 5.60 Å². The predicted molar refractivity (Wildman–Crippen MR) is 122 cm³/mol. The molecule has 0 fully saturated rings. The molecule has 1 N–H and O–H groups in total. The maximum atomic E-state index is 12.2. The number of carbonyl (C=O) groups excluding carboxylic acids is 2. The van der Waals surface area contributed by atoms with Gasteiger partial charge in [0, 0.05) is 11.1 Å². The van der Waals surface area contributed by atoms with Gasteiger partial charge in [-0.25, -0.2) is 0 Å². The highest BCUT2D eigenvalue weighted by atomic mass is 16.3. The molecule has 3 atom stereocenters. The molecule has 0 saturated heterocycles. The number of ketones is 2. The second-order valence-electron chi connectivity index (χ2n) is 10.2. The van der Waals surface area contributed by atoms with Crippen molar-refractivity contribution in [2.24, 2.45) is 17.8 Å². The second kappa shape index (κ2) is 12.5. The normalized spacial score (nSPS) is 19.0. The summed E-state index contributed by atoms with van der Waals surface area (Å²) < 4.78 is 0. The van der Waals surface area contributed by atoms with Crippen LogP contribution in [0.3, 0.4) is 0 Å². The Morgan fingerprint density at radius 3 is 2.00 bits per heavy atom. The van der Waals surface area contributed by atoms with Crippen molar-refractivity contribution in [1.29, 1.82) is 0 Å². The molecule has 3 nitrogen and oxygen atoms in total. The van der Waals surface area contributed by atoms with E-state index in [0.29, 0.717) is 29.9 Å². The molecule has 3 heteroatoms. The van der Waals surface area contributed by atoms with Gasteiger partial charge in [-0.2, -0.15) is 0 Å². The van der Waals surface area contributed by atoms with Crippen LogP contribution in [-0.2, 0) is 9.59 Å². The molecule has 0 amide bonds. The summed E-state index contributed by atoms with van der Waals surface area (Å²) in [6.45, 7) is 12.8. The standard InChI is InChI=1S/C26H44O3/c1-19(2)9-7-10-20(3)11-8-12-21(4)13-15-26(6,29)16-14-23-18-24(27)17-22(5)25(23)28/h17-21,29H,7-16H2,1-6H3/t20-,21-,26?/m1/s1. The average Bonchev–Trinajstić information content (AvgIpc) is 2.61. The molecule has 0 bridgehead atoms. The van der Waals surface area contributed by atoms with Crippen molar-refractivity contribution in [3.8, 4) is 0 Å². The Bertz CT molecular complexity index is 595. The van der Waals surface area contributed by atoms with E-state index in [-0.39, 0.29) is 11.6 Å². The van der Waals surface area contributed by atoms with Gasteiger partial charge in [0.1, 0.15) is 0 Å². The lowest BCUT2D eigenvalue weighted by Crippen LogP contribution is -2.26. The molecule has 1 aliphatic carbocycles. The van der Waals surface area contributed by atoms with E-state index in [9.17, 15) is 14.7 Å². The topological polar surface area (TPSA) is 54.4 Å². The van der Waals surface area contributed by atoms with Crippen molar-refractivity contribution in [3.63, 3.8) is 0 Å². The van der Waals surface area contributed by atoms with E-state index in [2.05, 4.69) is 27.7 Å². The predicted octanol–water partition coefficient (Wildman–Crippen LogP) is 6.59. The summed E-state index contributed by atoms with van der Waals surface area (Å²) in [4.78, 5) is 23.8. The summed E-state index contributed by atoms with van der Waals surface area (Å²) >= 11 is 0. The molecule has 0 saturated carbocycles. The van der Waals surface area contributed by atoms with Gasteiger partial charge >= 0.3 is 0 Å². The lowest BCUT2D eigenvalue weighted by molar-refractivity contribution is -0.115. The lowest BCUT2D eigenvalue weighted by atomic mass is 9.85. The zero-order valence-electron chi connectivity index (χ0n) is 19.7. The Balaban J connectivity index is 2.25. The smallest absolute Gasteiger partial charge is 0.184 e. The number of allylic oxidation sites excluding steroid dienone is 4. The molecule has 0 aromatic carbocycles. The molecule has 0 aromatic rings. The number of rotatable bonds is 14. The van der Waals surface area contributed by atoms with Crippen molar-refractivity contribution in [2.75, 3.05) is 0 Å². The van der Waals surface area contributed by atoms with Gasteiger partial charge in [-0.15, -0.1) is 0 Å². The van der Waals surface area contributed by atoms with Gasteiger partial charge in [-0.1, -0.05) is 66.2 Å². The van der Waals surface area contributed by atoms with Gasteiger partial charge in [-0.3, -0.25) is 9.59 Å². The fourth-order valence-corrected chi connectivity index (χ4v) is 4.06. The first-order valence-corrected chi connectivity index (χ1v) is 11.7. The van der Waals surface area contributed by atoms with Gasteiger partial charge in [0.05, 0.1) is 5.60 Å². The van der Waals surface area contributed by atoms with Crippen LogP contribution in [0.15, 0.2) is 23.3 Å². The van der Waals surface area contributed by atoms with Crippen LogP contribution in [0.5, 0.6) is 0 Å². The highest BCUT2D eigenvalue weighted by Crippen LogP contribution is 2.28. The fourth-order valence-electron chi connectivity index (χ4n) is 4.06. The molecule has 1 rings (SSSR count). The molecule has 0 aromatic heterocycles. The third-order valence-corrected chi connectivity index (χ3v) is 6.31. The first kappa shape index (κ1) is 25.8. The van der Waals surface area contributed by atoms with Crippen LogP contribution < -0.4 is 0 Å². The Kier molecular flexibility index (Phi) is 11.1. The second-order valence-corrected chi connectivity index (χ2v) is 10.2. The van der Waals surface area contributed by atoms with E-state index >= 15 is 0 Å². The summed E-state index contributed by atoms with van der Waals surface area (Å²) in [5.41, 5.74) is 0.242. The first-order valence-electron chi connectivity index (χ1n) is 11.7. The minimum Gasteiger partial charge on any atom is -0.390 e. The molecule has 29 heavy (non-hydrogen) atoms. The molecule has 0 heterocycles. The monoisotopic (exact) mass is 404 g/mol. The van der Waals surface area contributed by atoms with Gasteiger partial charge in [0.25, 0.3) is 0 Å². The summed E-state index contributed by atoms with van der Waals surface area (Å²) in [5.74, 6) is 2.04. The van der Waals surface area contributed by atoms with E-state index in [1.807, 2.05) is 6.92 Å². The van der Waals surface area contributed by atoms with E-state index in [1.165, 1.54) is 50.7 Å². The third-order valence-electron chi connectivity index (χ3n) is 6.31. The quantitative estimate of drug-likeness (QED) is 0.332. The molecule has 0 radical (unpaired) electrons. The van der Waals surface area contributed by atoms with E-state index in [0.717, 1.165) is 24.7 Å². The Morgan fingerprint density at radius 2 is 1.41 bits per heavy atom. The molecule has 166 valence electrons. The van der Waals surface area contributed by atoms with E-state index in [1.54, 1.807) is 6.92 Å². The zero-order chi connectivity index (χ0) is 22.0. The number of hydrogen-bond donors (Lipinski definition) is 1. The van der Waals surface area contributed by atoms with Gasteiger partial charge in [0.2, 0.25) is 0 Å². The van der Waals surface area contributed by atoms with Crippen LogP contribution in [0.4, 0.5) is 0 Å². The van der Waals surface area contributed by atoms with Crippen LogP contribution in [0.1, 0.15) is 106 Å². The summed E-state index contributed by atoms with van der Waals surface area (Å²) in [5, 5.41) is 10.7. The average molecular weight is 405 g/mol. The number of hydrogen-bond acceptors (Lipinski definition) is 3. The van der Waals surface area contributed by atoms with Crippen LogP contribution in [-0.4, -0.2) is 22.3 Å². The van der Waals surface area contributed by atoms with Crippen molar-refractivity contribution in [3.05, 3.63) is 23.3 Å². The van der Waals surface area contributed by atoms with Crippen LogP contribution in [0, 0.1) is 17.8 Å². The highest BCUT2D eigenvalue weighted by molar-refractivity contribution is 6.19. The maximum absolute atomic E-state index is 12.2. The molecule has 0 aliphatic heterocycles.